The molecule has 0 spiro atoms. The van der Waals surface area contributed by atoms with E-state index in [-0.39, 0.29) is 59.1 Å². The van der Waals surface area contributed by atoms with Crippen LogP contribution in [0.15, 0.2) is 0 Å². The molecular weight excluding hydrogens is 216 g/mol. The Morgan fingerprint density at radius 3 is 1.00 bits per heavy atom. The van der Waals surface area contributed by atoms with Crippen LogP contribution in [-0.4, -0.2) is 84.6 Å². The Morgan fingerprint density at radius 2 is 1.00 bits per heavy atom. The van der Waals surface area contributed by atoms with Crippen LogP contribution in [0.2, 0.25) is 0 Å². The van der Waals surface area contributed by atoms with E-state index in [4.69, 9.17) is 19.6 Å². The van der Waals surface area contributed by atoms with Gasteiger partial charge in [-0.2, -0.15) is 0 Å². The molecule has 10 heteroatoms. The zero-order valence-corrected chi connectivity index (χ0v) is 12.0. The molecule has 0 heterocycles. The van der Waals surface area contributed by atoms with Crippen LogP contribution in [-0.2, 0) is 9.13 Å². The van der Waals surface area contributed by atoms with Gasteiger partial charge >= 0.3 is 15.2 Å². The van der Waals surface area contributed by atoms with E-state index in [0.29, 0.717) is 0 Å². The predicted molar refractivity (Wildman–Crippen MR) is 40.5 cm³/mol. The van der Waals surface area contributed by atoms with E-state index in [2.05, 4.69) is 0 Å². The van der Waals surface area contributed by atoms with Gasteiger partial charge in [0.25, 0.3) is 0 Å². The Bertz CT molecular complexity index is 159. The second kappa shape index (κ2) is 6.71. The standard InChI is InChI=1S/CH6O6P2.2Na/c2-8(3,4)1-9(5,6)7;;/h1H2,(H2,2,3,4)(H2,5,6,7);;. The van der Waals surface area contributed by atoms with Gasteiger partial charge in [0.05, 0.1) is 0 Å². The Morgan fingerprint density at radius 1 is 0.818 bits per heavy atom. The minimum absolute atomic E-state index is 0. The largest absolute Gasteiger partial charge is 0.337 e. The molecule has 0 aromatic rings. The van der Waals surface area contributed by atoms with E-state index >= 15 is 0 Å². The molecule has 0 aliphatic rings. The van der Waals surface area contributed by atoms with E-state index in [0.717, 1.165) is 0 Å². The average molecular weight is 222 g/mol. The van der Waals surface area contributed by atoms with Crippen LogP contribution in [0.3, 0.4) is 0 Å². The third-order valence-corrected chi connectivity index (χ3v) is 3.32. The normalized spacial score (nSPS) is 11.3. The maximum Gasteiger partial charge on any atom is 0.337 e. The van der Waals surface area contributed by atoms with Crippen LogP contribution >= 0.6 is 15.2 Å². The van der Waals surface area contributed by atoms with Gasteiger partial charge < -0.3 is 19.6 Å². The number of hydrogen-bond acceptors (Lipinski definition) is 2. The first-order chi connectivity index (χ1) is 3.71. The first kappa shape index (κ1) is 19.0. The SMILES string of the molecule is O=P(O)(O)CP(=O)(O)O.[Na].[Na]. The molecule has 0 amide bonds. The maximum absolute atomic E-state index is 9.85. The second-order valence-corrected chi connectivity index (χ2v) is 5.26. The fraction of sp³-hybridized carbons (Fsp3) is 1.00. The first-order valence-electron chi connectivity index (χ1n) is 1.80. The molecule has 6 nitrogen and oxygen atoms in total. The van der Waals surface area contributed by atoms with Gasteiger partial charge in [0.15, 0.2) is 5.90 Å². The summed E-state index contributed by atoms with van der Waals surface area (Å²) in [6.45, 7) is 0. The Balaban J connectivity index is -0.000000320. The maximum atomic E-state index is 9.85. The Labute approximate surface area is 108 Å². The van der Waals surface area contributed by atoms with Gasteiger partial charge in [-0.15, -0.1) is 0 Å². The summed E-state index contributed by atoms with van der Waals surface area (Å²) in [6, 6.07) is 0. The Hall–Kier alpha value is 2.30. The molecule has 2 radical (unpaired) electrons. The van der Waals surface area contributed by atoms with Gasteiger partial charge in [-0.3, -0.25) is 9.13 Å². The molecule has 0 rings (SSSR count). The summed E-state index contributed by atoms with van der Waals surface area (Å²) in [5.41, 5.74) is 0. The van der Waals surface area contributed by atoms with E-state index in [1.807, 2.05) is 0 Å². The molecular formula is CH6Na2O6P2. The van der Waals surface area contributed by atoms with Gasteiger partial charge in [-0.25, -0.2) is 0 Å². The molecule has 0 aromatic carbocycles. The van der Waals surface area contributed by atoms with Crippen molar-refractivity contribution in [1.82, 2.24) is 0 Å². The van der Waals surface area contributed by atoms with Crippen molar-refractivity contribution in [2.75, 3.05) is 5.90 Å². The molecule has 0 bridgehead atoms. The van der Waals surface area contributed by atoms with Crippen molar-refractivity contribution in [1.29, 1.82) is 0 Å². The average Bonchev–Trinajstić information content (AvgIpc) is 1.14. The van der Waals surface area contributed by atoms with Gasteiger partial charge in [0.2, 0.25) is 0 Å². The van der Waals surface area contributed by atoms with Crippen molar-refractivity contribution in [2.45, 2.75) is 0 Å². The van der Waals surface area contributed by atoms with Crippen LogP contribution < -0.4 is 0 Å². The van der Waals surface area contributed by atoms with E-state index in [1.54, 1.807) is 0 Å². The summed E-state index contributed by atoms with van der Waals surface area (Å²) in [5.74, 6) is -1.38. The van der Waals surface area contributed by atoms with Gasteiger partial charge in [-0.05, 0) is 0 Å². The van der Waals surface area contributed by atoms with Gasteiger partial charge in [-0.1, -0.05) is 0 Å². The molecule has 0 saturated carbocycles. The van der Waals surface area contributed by atoms with Crippen molar-refractivity contribution in [3.05, 3.63) is 0 Å². The van der Waals surface area contributed by atoms with Crippen molar-refractivity contribution in [3.63, 3.8) is 0 Å². The summed E-state index contributed by atoms with van der Waals surface area (Å²) in [5, 5.41) is 0. The minimum Gasteiger partial charge on any atom is -0.324 e. The summed E-state index contributed by atoms with van der Waals surface area (Å²) < 4.78 is 19.7. The Kier molecular flexibility index (Phi) is 11.6. The number of rotatable bonds is 2. The van der Waals surface area contributed by atoms with E-state index in [9.17, 15) is 9.13 Å². The molecule has 11 heavy (non-hydrogen) atoms. The molecule has 0 unspecified atom stereocenters. The summed E-state index contributed by atoms with van der Waals surface area (Å²) in [7, 11) is -9.10. The van der Waals surface area contributed by atoms with Gasteiger partial charge in [0.1, 0.15) is 0 Å². The monoisotopic (exact) mass is 222 g/mol. The van der Waals surface area contributed by atoms with E-state index < -0.39 is 21.1 Å². The van der Waals surface area contributed by atoms with Crippen LogP contribution in [0, 0.1) is 0 Å². The molecule has 58 valence electrons. The number of hydrogen-bond donors (Lipinski definition) is 4. The molecule has 0 aromatic heterocycles. The third-order valence-electron chi connectivity index (χ3n) is 0.368. The molecule has 0 fully saturated rings. The van der Waals surface area contributed by atoms with Crippen molar-refractivity contribution >= 4 is 74.3 Å². The van der Waals surface area contributed by atoms with Crippen molar-refractivity contribution < 1.29 is 28.7 Å². The topological polar surface area (TPSA) is 115 Å². The van der Waals surface area contributed by atoms with Crippen LogP contribution in [0.4, 0.5) is 0 Å². The second-order valence-electron chi connectivity index (χ2n) is 1.47. The summed E-state index contributed by atoms with van der Waals surface area (Å²) in [4.78, 5) is 31.9. The minimum atomic E-state index is -4.55. The van der Waals surface area contributed by atoms with Crippen molar-refractivity contribution in [2.24, 2.45) is 0 Å². The quantitative estimate of drug-likeness (QED) is 0.335. The van der Waals surface area contributed by atoms with Gasteiger partial charge in [0, 0.05) is 59.1 Å². The fourth-order valence-corrected chi connectivity index (χ4v) is 2.16. The van der Waals surface area contributed by atoms with Crippen LogP contribution in [0.5, 0.6) is 0 Å². The fourth-order valence-electron chi connectivity index (χ4n) is 0.240. The smallest absolute Gasteiger partial charge is 0.324 e. The van der Waals surface area contributed by atoms with Crippen LogP contribution in [0.25, 0.3) is 0 Å². The first-order valence-corrected chi connectivity index (χ1v) is 5.39. The predicted octanol–water partition coefficient (Wildman–Crippen LogP) is -1.46. The zero-order chi connectivity index (χ0) is 7.71. The summed E-state index contributed by atoms with van der Waals surface area (Å²) >= 11 is 0. The van der Waals surface area contributed by atoms with Crippen molar-refractivity contribution in [3.8, 4) is 0 Å². The van der Waals surface area contributed by atoms with E-state index in [1.165, 1.54) is 0 Å². The molecule has 0 saturated heterocycles. The molecule has 0 aliphatic carbocycles. The zero-order valence-electron chi connectivity index (χ0n) is 6.21. The molecule has 0 atom stereocenters. The molecule has 0 aliphatic heterocycles. The molecule has 4 N–H and O–H groups in total. The summed E-state index contributed by atoms with van der Waals surface area (Å²) in [6.07, 6.45) is 0. The third kappa shape index (κ3) is 18.9. The van der Waals surface area contributed by atoms with Crippen LogP contribution in [0.1, 0.15) is 0 Å².